The van der Waals surface area contributed by atoms with Gasteiger partial charge in [-0.25, -0.2) is 0 Å². The molecular weight excluding hydrogens is 252 g/mol. The first-order valence-corrected chi connectivity index (χ1v) is 9.18. The van der Waals surface area contributed by atoms with Crippen LogP contribution in [0, 0.1) is 17.2 Å². The summed E-state index contributed by atoms with van der Waals surface area (Å²) in [4.78, 5) is 0. The molecule has 0 aromatic rings. The summed E-state index contributed by atoms with van der Waals surface area (Å²) in [6.45, 7) is 5.41. The Morgan fingerprint density at radius 3 is 2.79 bits per heavy atom. The smallest absolute Gasteiger partial charge is 0.109 e. The molecule has 1 saturated carbocycles. The summed E-state index contributed by atoms with van der Waals surface area (Å²) in [5.41, 5.74) is -0.208. The highest BCUT2D eigenvalue weighted by atomic mass is 32.2. The SMILES string of the molecule is CCCCCSCCC1CCCC1(C#N)NCCC. The number of nitrogens with one attached hydrogen (secondary N) is 1. The van der Waals surface area contributed by atoms with Gasteiger partial charge in [-0.1, -0.05) is 33.1 Å². The molecule has 110 valence electrons. The molecular formula is C16H30N2S. The molecule has 0 aromatic carbocycles. The van der Waals surface area contributed by atoms with Gasteiger partial charge in [0.2, 0.25) is 0 Å². The predicted molar refractivity (Wildman–Crippen MR) is 85.4 cm³/mol. The van der Waals surface area contributed by atoms with Gasteiger partial charge in [-0.2, -0.15) is 17.0 Å². The first-order chi connectivity index (χ1) is 9.29. The molecule has 0 spiro atoms. The molecule has 2 atom stereocenters. The third-order valence-corrected chi connectivity index (χ3v) is 5.32. The Hall–Kier alpha value is -0.200. The lowest BCUT2D eigenvalue weighted by Gasteiger charge is -2.30. The highest BCUT2D eigenvalue weighted by molar-refractivity contribution is 7.99. The maximum absolute atomic E-state index is 9.57. The Labute approximate surface area is 123 Å². The van der Waals surface area contributed by atoms with E-state index in [0.717, 1.165) is 19.4 Å². The second kappa shape index (κ2) is 9.66. The van der Waals surface area contributed by atoms with Crippen molar-refractivity contribution in [2.75, 3.05) is 18.1 Å². The second-order valence-electron chi connectivity index (χ2n) is 5.71. The van der Waals surface area contributed by atoms with E-state index >= 15 is 0 Å². The normalized spacial score (nSPS) is 26.5. The first kappa shape index (κ1) is 16.9. The molecule has 0 bridgehead atoms. The van der Waals surface area contributed by atoms with Crippen molar-refractivity contribution in [2.45, 2.75) is 70.8 Å². The maximum Gasteiger partial charge on any atom is 0.109 e. The zero-order chi connectivity index (χ0) is 14.0. The summed E-state index contributed by atoms with van der Waals surface area (Å²) in [6, 6.07) is 2.60. The van der Waals surface area contributed by atoms with Crippen LogP contribution >= 0.6 is 11.8 Å². The molecule has 1 rings (SSSR count). The van der Waals surface area contributed by atoms with Gasteiger partial charge in [0.25, 0.3) is 0 Å². The molecule has 3 heteroatoms. The van der Waals surface area contributed by atoms with E-state index in [0.29, 0.717) is 5.92 Å². The van der Waals surface area contributed by atoms with E-state index in [4.69, 9.17) is 0 Å². The van der Waals surface area contributed by atoms with Crippen molar-refractivity contribution in [2.24, 2.45) is 5.92 Å². The minimum Gasteiger partial charge on any atom is -0.299 e. The monoisotopic (exact) mass is 282 g/mol. The minimum atomic E-state index is -0.208. The number of hydrogen-bond donors (Lipinski definition) is 1. The Kier molecular flexibility index (Phi) is 8.57. The van der Waals surface area contributed by atoms with Gasteiger partial charge in [-0.3, -0.25) is 5.32 Å². The van der Waals surface area contributed by atoms with Crippen LogP contribution in [0.25, 0.3) is 0 Å². The molecule has 1 aliphatic carbocycles. The summed E-state index contributed by atoms with van der Waals surface area (Å²) in [5, 5.41) is 13.1. The summed E-state index contributed by atoms with van der Waals surface area (Å²) in [7, 11) is 0. The Balaban J connectivity index is 2.28. The molecule has 2 nitrogen and oxygen atoms in total. The van der Waals surface area contributed by atoms with Gasteiger partial charge in [0.1, 0.15) is 5.54 Å². The van der Waals surface area contributed by atoms with Crippen molar-refractivity contribution in [3.8, 4) is 6.07 Å². The zero-order valence-corrected chi connectivity index (χ0v) is 13.5. The standard InChI is InChI=1S/C16H30N2S/c1-3-5-6-12-19-13-9-15-8-7-10-16(15,14-17)18-11-4-2/h15,18H,3-13H2,1-2H3. The van der Waals surface area contributed by atoms with E-state index in [9.17, 15) is 5.26 Å². The van der Waals surface area contributed by atoms with Crippen LogP contribution < -0.4 is 5.32 Å². The van der Waals surface area contributed by atoms with E-state index in [2.05, 4.69) is 37.0 Å². The number of hydrogen-bond acceptors (Lipinski definition) is 3. The van der Waals surface area contributed by atoms with Gasteiger partial charge < -0.3 is 0 Å². The molecule has 0 aromatic heterocycles. The van der Waals surface area contributed by atoms with Crippen molar-refractivity contribution in [1.29, 1.82) is 5.26 Å². The molecule has 1 N–H and O–H groups in total. The van der Waals surface area contributed by atoms with Crippen molar-refractivity contribution in [3.05, 3.63) is 0 Å². The fourth-order valence-electron chi connectivity index (χ4n) is 3.02. The lowest BCUT2D eigenvalue weighted by atomic mass is 9.86. The minimum absolute atomic E-state index is 0.208. The molecule has 19 heavy (non-hydrogen) atoms. The highest BCUT2D eigenvalue weighted by Gasteiger charge is 2.42. The van der Waals surface area contributed by atoms with E-state index in [1.807, 2.05) is 0 Å². The Morgan fingerprint density at radius 1 is 1.26 bits per heavy atom. The van der Waals surface area contributed by atoms with Gasteiger partial charge in [0.05, 0.1) is 6.07 Å². The average molecular weight is 282 g/mol. The number of nitrogens with zero attached hydrogens (tertiary/aromatic N) is 1. The summed E-state index contributed by atoms with van der Waals surface area (Å²) in [5.74, 6) is 3.09. The summed E-state index contributed by atoms with van der Waals surface area (Å²) < 4.78 is 0. The van der Waals surface area contributed by atoms with Crippen molar-refractivity contribution in [3.63, 3.8) is 0 Å². The maximum atomic E-state index is 9.57. The van der Waals surface area contributed by atoms with Gasteiger partial charge >= 0.3 is 0 Å². The first-order valence-electron chi connectivity index (χ1n) is 8.03. The van der Waals surface area contributed by atoms with Crippen LogP contribution in [0.3, 0.4) is 0 Å². The number of nitriles is 1. The van der Waals surface area contributed by atoms with Crippen molar-refractivity contribution in [1.82, 2.24) is 5.32 Å². The molecule has 1 fully saturated rings. The van der Waals surface area contributed by atoms with Crippen LogP contribution in [-0.4, -0.2) is 23.6 Å². The third kappa shape index (κ3) is 5.36. The van der Waals surface area contributed by atoms with E-state index in [1.54, 1.807) is 0 Å². The van der Waals surface area contributed by atoms with E-state index < -0.39 is 0 Å². The average Bonchev–Trinajstić information content (AvgIpc) is 2.84. The molecule has 0 saturated heterocycles. The summed E-state index contributed by atoms with van der Waals surface area (Å²) in [6.07, 6.45) is 9.84. The van der Waals surface area contributed by atoms with Gasteiger partial charge in [-0.05, 0) is 56.1 Å². The number of unbranched alkanes of at least 4 members (excludes halogenated alkanes) is 2. The van der Waals surface area contributed by atoms with Crippen LogP contribution in [0.5, 0.6) is 0 Å². The molecule has 0 amide bonds. The molecule has 0 aliphatic heterocycles. The second-order valence-corrected chi connectivity index (χ2v) is 6.93. The molecule has 2 unspecified atom stereocenters. The number of thioether (sulfide) groups is 1. The van der Waals surface area contributed by atoms with Gasteiger partial charge in [-0.15, -0.1) is 0 Å². The van der Waals surface area contributed by atoms with E-state index in [1.165, 1.54) is 50.0 Å². The lowest BCUT2D eigenvalue weighted by molar-refractivity contribution is 0.311. The fourth-order valence-corrected chi connectivity index (χ4v) is 4.08. The van der Waals surface area contributed by atoms with Gasteiger partial charge in [0.15, 0.2) is 0 Å². The van der Waals surface area contributed by atoms with Crippen molar-refractivity contribution >= 4 is 11.8 Å². The summed E-state index contributed by atoms with van der Waals surface area (Å²) >= 11 is 2.08. The topological polar surface area (TPSA) is 35.8 Å². The molecule has 0 radical (unpaired) electrons. The number of rotatable bonds is 10. The Bertz CT molecular complexity index is 274. The highest BCUT2D eigenvalue weighted by Crippen LogP contribution is 2.38. The van der Waals surface area contributed by atoms with Crippen LogP contribution in [0.1, 0.15) is 65.2 Å². The van der Waals surface area contributed by atoms with Crippen LogP contribution in [-0.2, 0) is 0 Å². The van der Waals surface area contributed by atoms with Gasteiger partial charge in [0, 0.05) is 0 Å². The largest absolute Gasteiger partial charge is 0.299 e. The third-order valence-electron chi connectivity index (χ3n) is 4.21. The Morgan fingerprint density at radius 2 is 2.11 bits per heavy atom. The van der Waals surface area contributed by atoms with Crippen LogP contribution in [0.15, 0.2) is 0 Å². The quantitative estimate of drug-likeness (QED) is 0.605. The fraction of sp³-hybridized carbons (Fsp3) is 0.938. The zero-order valence-electron chi connectivity index (χ0n) is 12.7. The molecule has 1 aliphatic rings. The molecule has 0 heterocycles. The van der Waals surface area contributed by atoms with Crippen molar-refractivity contribution < 1.29 is 0 Å². The van der Waals surface area contributed by atoms with Crippen LogP contribution in [0.4, 0.5) is 0 Å². The van der Waals surface area contributed by atoms with E-state index in [-0.39, 0.29) is 5.54 Å². The lowest BCUT2D eigenvalue weighted by Crippen LogP contribution is -2.47. The van der Waals surface area contributed by atoms with Crippen LogP contribution in [0.2, 0.25) is 0 Å². The predicted octanol–water partition coefficient (Wildman–Crippen LogP) is 4.36.